The summed E-state index contributed by atoms with van der Waals surface area (Å²) in [6.07, 6.45) is -1.33. The first-order valence-electron chi connectivity index (χ1n) is 8.27. The Morgan fingerprint density at radius 2 is 2.19 bits per heavy atom. The Kier molecular flexibility index (Phi) is 4.76. The topological polar surface area (TPSA) is 82.6 Å². The van der Waals surface area contributed by atoms with Gasteiger partial charge in [-0.25, -0.2) is 14.2 Å². The summed E-state index contributed by atoms with van der Waals surface area (Å²) in [7, 11) is 1.63. The number of methoxy groups -OCH3 is 1. The molecule has 2 aliphatic rings. The van der Waals surface area contributed by atoms with Crippen LogP contribution in [0.15, 0.2) is 18.2 Å². The highest BCUT2D eigenvalue weighted by Gasteiger charge is 2.40. The van der Waals surface area contributed by atoms with Gasteiger partial charge in [0.2, 0.25) is 5.91 Å². The molecule has 0 aromatic heterocycles. The fourth-order valence-electron chi connectivity index (χ4n) is 3.13. The molecule has 2 fully saturated rings. The highest BCUT2D eigenvalue weighted by Crippen LogP contribution is 2.34. The van der Waals surface area contributed by atoms with Crippen LogP contribution in [0.2, 0.25) is 0 Å². The van der Waals surface area contributed by atoms with Crippen LogP contribution in [-0.4, -0.2) is 67.3 Å². The highest BCUT2D eigenvalue weighted by molar-refractivity contribution is 5.90. The van der Waals surface area contributed by atoms with E-state index < -0.39 is 23.9 Å². The van der Waals surface area contributed by atoms with Crippen molar-refractivity contribution in [2.45, 2.75) is 25.6 Å². The normalized spacial score (nSPS) is 21.4. The number of hydrogen-bond donors (Lipinski definition) is 1. The molecule has 2 heterocycles. The van der Waals surface area contributed by atoms with E-state index in [1.165, 1.54) is 17.9 Å². The quantitative estimate of drug-likeness (QED) is 0.629. The average molecular weight is 367 g/mol. The van der Waals surface area contributed by atoms with Gasteiger partial charge in [-0.1, -0.05) is 0 Å². The van der Waals surface area contributed by atoms with Gasteiger partial charge in [0.05, 0.1) is 30.1 Å². The lowest BCUT2D eigenvalue weighted by molar-refractivity contribution is -0.166. The van der Waals surface area contributed by atoms with Crippen LogP contribution >= 0.6 is 0 Å². The number of cyclic esters (lactones) is 1. The molecule has 0 aliphatic carbocycles. The summed E-state index contributed by atoms with van der Waals surface area (Å²) in [6, 6.07) is 4.55. The fraction of sp³-hybridized carbons (Fsp3) is 0.529. The van der Waals surface area contributed by atoms with Crippen molar-refractivity contribution in [1.29, 1.82) is 0 Å². The van der Waals surface area contributed by atoms with Crippen LogP contribution in [0.5, 0.6) is 0 Å². The molecule has 9 heteroatoms. The predicted octanol–water partition coefficient (Wildman–Crippen LogP) is 1.61. The zero-order chi connectivity index (χ0) is 19.1. The van der Waals surface area contributed by atoms with Gasteiger partial charge in [-0.05, 0) is 25.1 Å². The van der Waals surface area contributed by atoms with E-state index in [-0.39, 0.29) is 18.7 Å². The third kappa shape index (κ3) is 3.45. The minimum atomic E-state index is -0.683. The number of halogens is 1. The standard InChI is InChI=1S/C17H22FN3O5/c1-11(22)21(24)8-13-7-20(16(23)26-13)12-4-5-15(14(18)6-12)19-9-17(2,10-19)25-3/h4-6,13,24H,7-10H2,1-3H3. The van der Waals surface area contributed by atoms with Gasteiger partial charge < -0.3 is 14.4 Å². The molecule has 1 aromatic carbocycles. The van der Waals surface area contributed by atoms with E-state index in [4.69, 9.17) is 9.47 Å². The van der Waals surface area contributed by atoms with Gasteiger partial charge in [-0.15, -0.1) is 0 Å². The molecule has 0 radical (unpaired) electrons. The summed E-state index contributed by atoms with van der Waals surface area (Å²) in [4.78, 5) is 26.2. The van der Waals surface area contributed by atoms with Crippen molar-refractivity contribution in [3.05, 3.63) is 24.0 Å². The average Bonchev–Trinajstić information content (AvgIpc) is 2.92. The summed E-state index contributed by atoms with van der Waals surface area (Å²) in [6.45, 7) is 4.32. The van der Waals surface area contributed by atoms with E-state index in [1.807, 2.05) is 11.8 Å². The maximum Gasteiger partial charge on any atom is 0.414 e. The molecule has 142 valence electrons. The number of carbonyl (C=O) groups excluding carboxylic acids is 2. The lowest BCUT2D eigenvalue weighted by atomic mass is 9.95. The smallest absolute Gasteiger partial charge is 0.414 e. The molecule has 2 amide bonds. The summed E-state index contributed by atoms with van der Waals surface area (Å²) in [5.74, 6) is -0.989. The van der Waals surface area contributed by atoms with Crippen LogP contribution in [0.1, 0.15) is 13.8 Å². The maximum atomic E-state index is 14.5. The van der Waals surface area contributed by atoms with E-state index in [9.17, 15) is 19.2 Å². The van der Waals surface area contributed by atoms with E-state index >= 15 is 0 Å². The maximum absolute atomic E-state index is 14.5. The van der Waals surface area contributed by atoms with Gasteiger partial charge in [0.25, 0.3) is 0 Å². The molecule has 26 heavy (non-hydrogen) atoms. The van der Waals surface area contributed by atoms with Crippen molar-refractivity contribution in [2.75, 3.05) is 43.1 Å². The Hall–Kier alpha value is -2.39. The second-order valence-electron chi connectivity index (χ2n) is 6.86. The Labute approximate surface area is 150 Å². The zero-order valence-electron chi connectivity index (χ0n) is 14.9. The minimum absolute atomic E-state index is 0.118. The number of carbonyl (C=O) groups is 2. The molecule has 2 saturated heterocycles. The first kappa shape index (κ1) is 18.4. The highest BCUT2D eigenvalue weighted by atomic mass is 19.1. The van der Waals surface area contributed by atoms with Crippen LogP contribution in [0, 0.1) is 5.82 Å². The first-order chi connectivity index (χ1) is 12.2. The van der Waals surface area contributed by atoms with Crippen molar-refractivity contribution < 1.29 is 28.7 Å². The molecule has 3 rings (SSSR count). The van der Waals surface area contributed by atoms with E-state index in [1.54, 1.807) is 19.2 Å². The lowest BCUT2D eigenvalue weighted by Crippen LogP contribution is -2.61. The van der Waals surface area contributed by atoms with E-state index in [0.717, 1.165) is 0 Å². The lowest BCUT2D eigenvalue weighted by Gasteiger charge is -2.48. The van der Waals surface area contributed by atoms with Crippen LogP contribution in [0.25, 0.3) is 0 Å². The van der Waals surface area contributed by atoms with Crippen LogP contribution in [-0.2, 0) is 14.3 Å². The van der Waals surface area contributed by atoms with E-state index in [2.05, 4.69) is 0 Å². The number of nitrogens with zero attached hydrogens (tertiary/aromatic N) is 3. The number of anilines is 2. The molecule has 2 aliphatic heterocycles. The Morgan fingerprint density at radius 1 is 1.50 bits per heavy atom. The number of hydroxylamine groups is 2. The van der Waals surface area contributed by atoms with Crippen molar-refractivity contribution >= 4 is 23.4 Å². The zero-order valence-corrected chi connectivity index (χ0v) is 14.9. The number of amides is 2. The van der Waals surface area contributed by atoms with Crippen molar-refractivity contribution in [2.24, 2.45) is 0 Å². The largest absolute Gasteiger partial charge is 0.442 e. The van der Waals surface area contributed by atoms with Crippen LogP contribution < -0.4 is 9.80 Å². The minimum Gasteiger partial charge on any atom is -0.442 e. The van der Waals surface area contributed by atoms with Gasteiger partial charge in [-0.2, -0.15) is 0 Å². The molecule has 0 saturated carbocycles. The van der Waals surface area contributed by atoms with Crippen LogP contribution in [0.4, 0.5) is 20.6 Å². The number of ether oxygens (including phenoxy) is 2. The van der Waals surface area contributed by atoms with E-state index in [0.29, 0.717) is 29.5 Å². The van der Waals surface area contributed by atoms with Gasteiger partial charge in [0.15, 0.2) is 0 Å². The van der Waals surface area contributed by atoms with Crippen molar-refractivity contribution in [3.8, 4) is 0 Å². The molecule has 0 spiro atoms. The second kappa shape index (κ2) is 6.73. The Morgan fingerprint density at radius 3 is 2.77 bits per heavy atom. The number of rotatable bonds is 5. The number of hydrogen-bond acceptors (Lipinski definition) is 6. The fourth-order valence-corrected chi connectivity index (χ4v) is 3.13. The third-order valence-electron chi connectivity index (χ3n) is 4.74. The number of benzene rings is 1. The first-order valence-corrected chi connectivity index (χ1v) is 8.27. The monoisotopic (exact) mass is 367 g/mol. The summed E-state index contributed by atoms with van der Waals surface area (Å²) in [5, 5.41) is 9.95. The Bertz CT molecular complexity index is 722. The SMILES string of the molecule is COC1(C)CN(c2ccc(N3CC(CN(O)C(C)=O)OC3=O)cc2F)C1. The molecule has 0 bridgehead atoms. The van der Waals surface area contributed by atoms with Crippen LogP contribution in [0.3, 0.4) is 0 Å². The third-order valence-corrected chi connectivity index (χ3v) is 4.74. The molecule has 1 unspecified atom stereocenters. The summed E-state index contributed by atoms with van der Waals surface area (Å²) in [5.41, 5.74) is 0.538. The predicted molar refractivity (Wildman–Crippen MR) is 90.8 cm³/mol. The molecule has 8 nitrogen and oxygen atoms in total. The van der Waals surface area contributed by atoms with Gasteiger partial charge in [-0.3, -0.25) is 14.9 Å². The summed E-state index contributed by atoms with van der Waals surface area (Å²) >= 11 is 0. The van der Waals surface area contributed by atoms with Crippen molar-refractivity contribution in [3.63, 3.8) is 0 Å². The molecular formula is C17H22FN3O5. The molecular weight excluding hydrogens is 345 g/mol. The van der Waals surface area contributed by atoms with Gasteiger partial charge in [0, 0.05) is 27.1 Å². The molecule has 1 aromatic rings. The van der Waals surface area contributed by atoms with Gasteiger partial charge >= 0.3 is 6.09 Å². The second-order valence-corrected chi connectivity index (χ2v) is 6.86. The summed E-state index contributed by atoms with van der Waals surface area (Å²) < 4.78 is 25.0. The Balaban J connectivity index is 1.68. The molecule has 1 atom stereocenters. The molecule has 1 N–H and O–H groups in total. The van der Waals surface area contributed by atoms with Crippen molar-refractivity contribution in [1.82, 2.24) is 5.06 Å². The van der Waals surface area contributed by atoms with Gasteiger partial charge in [0.1, 0.15) is 11.9 Å².